The van der Waals surface area contributed by atoms with Crippen LogP contribution in [0, 0.1) is 19.7 Å². The van der Waals surface area contributed by atoms with Crippen LogP contribution in [0.1, 0.15) is 25.7 Å². The molecule has 0 spiro atoms. The smallest absolute Gasteiger partial charge is 0.204 e. The predicted molar refractivity (Wildman–Crippen MR) is 68.6 cm³/mol. The molecule has 0 fully saturated rings. The summed E-state index contributed by atoms with van der Waals surface area (Å²) in [7, 11) is 0. The number of rotatable bonds is 2. The van der Waals surface area contributed by atoms with Gasteiger partial charge in [0.15, 0.2) is 0 Å². The Morgan fingerprint density at radius 3 is 2.65 bits per heavy atom. The molecule has 0 bridgehead atoms. The van der Waals surface area contributed by atoms with Crippen molar-refractivity contribution < 1.29 is 9.18 Å². The molecule has 0 aliphatic rings. The first-order chi connectivity index (χ1) is 8.00. The van der Waals surface area contributed by atoms with Gasteiger partial charge >= 0.3 is 0 Å². The minimum absolute atomic E-state index is 0.108. The molecular formula is C13H10ClFOS. The molecule has 0 aliphatic heterocycles. The number of aryl methyl sites for hydroxylation is 2. The molecule has 2 aromatic rings. The summed E-state index contributed by atoms with van der Waals surface area (Å²) in [5.41, 5.74) is 1.12. The zero-order chi connectivity index (χ0) is 12.6. The molecule has 1 aromatic carbocycles. The van der Waals surface area contributed by atoms with Crippen molar-refractivity contribution in [3.05, 3.63) is 56.0 Å². The van der Waals surface area contributed by atoms with Gasteiger partial charge in [0.05, 0.1) is 9.90 Å². The number of hydrogen-bond acceptors (Lipinski definition) is 2. The normalized spacial score (nSPS) is 10.6. The van der Waals surface area contributed by atoms with Crippen LogP contribution in [-0.4, -0.2) is 5.78 Å². The maximum atomic E-state index is 13.3. The zero-order valence-corrected chi connectivity index (χ0v) is 11.0. The summed E-state index contributed by atoms with van der Waals surface area (Å²) < 4.78 is 13.3. The molecule has 0 N–H and O–H groups in total. The maximum absolute atomic E-state index is 13.3. The predicted octanol–water partition coefficient (Wildman–Crippen LogP) is 4.39. The first-order valence-corrected chi connectivity index (χ1v) is 6.26. The molecule has 2 rings (SSSR count). The maximum Gasteiger partial charge on any atom is 0.204 e. The number of halogens is 2. The lowest BCUT2D eigenvalue weighted by Gasteiger charge is -2.03. The minimum Gasteiger partial charge on any atom is -0.288 e. The van der Waals surface area contributed by atoms with Crippen LogP contribution in [-0.2, 0) is 0 Å². The van der Waals surface area contributed by atoms with Gasteiger partial charge in [-0.15, -0.1) is 11.3 Å². The summed E-state index contributed by atoms with van der Waals surface area (Å²) in [6.45, 7) is 3.80. The Kier molecular flexibility index (Phi) is 3.31. The zero-order valence-electron chi connectivity index (χ0n) is 9.38. The van der Waals surface area contributed by atoms with Gasteiger partial charge in [-0.1, -0.05) is 17.7 Å². The molecule has 17 heavy (non-hydrogen) atoms. The fourth-order valence-corrected chi connectivity index (χ4v) is 2.86. The Hall–Kier alpha value is -1.19. The average Bonchev–Trinajstić information content (AvgIpc) is 2.61. The first-order valence-electron chi connectivity index (χ1n) is 5.06. The Morgan fingerprint density at radius 1 is 1.35 bits per heavy atom. The van der Waals surface area contributed by atoms with Crippen LogP contribution in [0.15, 0.2) is 24.3 Å². The second-order valence-corrected chi connectivity index (χ2v) is 5.43. The second-order valence-electron chi connectivity index (χ2n) is 3.80. The highest BCUT2D eigenvalue weighted by atomic mass is 35.5. The largest absolute Gasteiger partial charge is 0.288 e. The van der Waals surface area contributed by atoms with Gasteiger partial charge in [0.25, 0.3) is 0 Å². The summed E-state index contributed by atoms with van der Waals surface area (Å²) in [5, 5.41) is -0.108. The summed E-state index contributed by atoms with van der Waals surface area (Å²) in [6, 6.07) is 6.21. The van der Waals surface area contributed by atoms with E-state index in [9.17, 15) is 9.18 Å². The average molecular weight is 269 g/mol. The van der Waals surface area contributed by atoms with Gasteiger partial charge in [-0.2, -0.15) is 0 Å². The highest BCUT2D eigenvalue weighted by molar-refractivity contribution is 7.14. The minimum atomic E-state index is -0.566. The number of benzene rings is 1. The van der Waals surface area contributed by atoms with Crippen molar-refractivity contribution in [2.75, 3.05) is 0 Å². The third-order valence-electron chi connectivity index (χ3n) is 2.44. The van der Waals surface area contributed by atoms with Gasteiger partial charge in [-0.05, 0) is 37.6 Å². The molecule has 1 nitrogen and oxygen atoms in total. The van der Waals surface area contributed by atoms with E-state index in [0.29, 0.717) is 4.88 Å². The molecule has 0 aliphatic carbocycles. The van der Waals surface area contributed by atoms with Crippen molar-refractivity contribution in [3.63, 3.8) is 0 Å². The van der Waals surface area contributed by atoms with Gasteiger partial charge in [0.1, 0.15) is 5.82 Å². The first kappa shape index (κ1) is 12.3. The molecule has 0 unspecified atom stereocenters. The van der Waals surface area contributed by atoms with Gasteiger partial charge < -0.3 is 0 Å². The van der Waals surface area contributed by atoms with Crippen LogP contribution in [0.5, 0.6) is 0 Å². The van der Waals surface area contributed by atoms with Crippen molar-refractivity contribution in [1.29, 1.82) is 0 Å². The van der Waals surface area contributed by atoms with E-state index >= 15 is 0 Å². The third kappa shape index (κ3) is 2.26. The molecule has 1 heterocycles. The van der Waals surface area contributed by atoms with Crippen molar-refractivity contribution in [2.45, 2.75) is 13.8 Å². The van der Waals surface area contributed by atoms with E-state index in [1.165, 1.54) is 23.5 Å². The molecule has 4 heteroatoms. The van der Waals surface area contributed by atoms with E-state index in [1.54, 1.807) is 6.07 Å². The molecule has 0 amide bonds. The highest BCUT2D eigenvalue weighted by Gasteiger charge is 2.18. The van der Waals surface area contributed by atoms with E-state index in [4.69, 9.17) is 11.6 Å². The van der Waals surface area contributed by atoms with Crippen molar-refractivity contribution in [2.24, 2.45) is 0 Å². The van der Waals surface area contributed by atoms with Crippen molar-refractivity contribution >= 4 is 28.7 Å². The van der Waals surface area contributed by atoms with Crippen LogP contribution in [0.25, 0.3) is 0 Å². The number of thiophene rings is 1. The molecule has 0 atom stereocenters. The second kappa shape index (κ2) is 4.59. The lowest BCUT2D eigenvalue weighted by Crippen LogP contribution is -2.02. The van der Waals surface area contributed by atoms with Crippen LogP contribution in [0.4, 0.5) is 4.39 Å². The van der Waals surface area contributed by atoms with Crippen LogP contribution >= 0.6 is 22.9 Å². The van der Waals surface area contributed by atoms with Crippen molar-refractivity contribution in [1.82, 2.24) is 0 Å². The SMILES string of the molecule is Cc1cc(C)c(C(=O)c2cccc(F)c2Cl)s1. The fourth-order valence-electron chi connectivity index (χ4n) is 1.67. The summed E-state index contributed by atoms with van der Waals surface area (Å²) in [5.74, 6) is -0.784. The number of carbonyl (C=O) groups is 1. The summed E-state index contributed by atoms with van der Waals surface area (Å²) >= 11 is 7.21. The van der Waals surface area contributed by atoms with Gasteiger partial charge in [0.2, 0.25) is 5.78 Å². The number of ketones is 1. The van der Waals surface area contributed by atoms with Gasteiger partial charge in [-0.3, -0.25) is 4.79 Å². The van der Waals surface area contributed by atoms with Crippen molar-refractivity contribution in [3.8, 4) is 0 Å². The number of carbonyl (C=O) groups excluding carboxylic acids is 1. The van der Waals surface area contributed by atoms with E-state index in [2.05, 4.69) is 0 Å². The quantitative estimate of drug-likeness (QED) is 0.739. The molecular weight excluding hydrogens is 259 g/mol. The van der Waals surface area contributed by atoms with Gasteiger partial charge in [-0.25, -0.2) is 4.39 Å². The van der Waals surface area contributed by atoms with E-state index in [0.717, 1.165) is 10.4 Å². The molecule has 1 aromatic heterocycles. The third-order valence-corrected chi connectivity index (χ3v) is 3.98. The molecule has 0 saturated carbocycles. The molecule has 0 radical (unpaired) electrons. The van der Waals surface area contributed by atoms with E-state index in [-0.39, 0.29) is 16.4 Å². The van der Waals surface area contributed by atoms with Crippen LogP contribution < -0.4 is 0 Å². The summed E-state index contributed by atoms with van der Waals surface area (Å²) in [6.07, 6.45) is 0. The Labute approximate surface area is 108 Å². The Morgan fingerprint density at radius 2 is 2.06 bits per heavy atom. The van der Waals surface area contributed by atoms with Crippen LogP contribution in [0.3, 0.4) is 0 Å². The molecule has 0 saturated heterocycles. The monoisotopic (exact) mass is 268 g/mol. The topological polar surface area (TPSA) is 17.1 Å². The Bertz CT molecular complexity index is 589. The van der Waals surface area contributed by atoms with Gasteiger partial charge in [0, 0.05) is 10.4 Å². The lowest BCUT2D eigenvalue weighted by atomic mass is 10.1. The van der Waals surface area contributed by atoms with E-state index < -0.39 is 5.82 Å². The lowest BCUT2D eigenvalue weighted by molar-refractivity contribution is 0.104. The standard InChI is InChI=1S/C13H10ClFOS/c1-7-6-8(2)17-13(7)12(16)9-4-3-5-10(15)11(9)14/h3-6H,1-2H3. The fraction of sp³-hybridized carbons (Fsp3) is 0.154. The van der Waals surface area contributed by atoms with Crippen LogP contribution in [0.2, 0.25) is 5.02 Å². The van der Waals surface area contributed by atoms with E-state index in [1.807, 2.05) is 19.9 Å². The molecule has 88 valence electrons. The Balaban J connectivity index is 2.51. The number of hydrogen-bond donors (Lipinski definition) is 0. The summed E-state index contributed by atoms with van der Waals surface area (Å²) in [4.78, 5) is 13.9. The highest BCUT2D eigenvalue weighted by Crippen LogP contribution is 2.28.